The molecule has 6 rings (SSSR count). The minimum Gasteiger partial charge on any atom is -0.347 e. The van der Waals surface area contributed by atoms with E-state index < -0.39 is 0 Å². The maximum atomic E-state index is 2.49. The van der Waals surface area contributed by atoms with Crippen LogP contribution in [0.5, 0.6) is 0 Å². The van der Waals surface area contributed by atoms with Gasteiger partial charge in [-0.2, -0.15) is 0 Å². The third-order valence-electron chi connectivity index (χ3n) is 8.29. The zero-order valence-electron chi connectivity index (χ0n) is 23.1. The summed E-state index contributed by atoms with van der Waals surface area (Å²) in [5, 5.41) is 5.35. The van der Waals surface area contributed by atoms with Crippen LogP contribution in [0.3, 0.4) is 0 Å². The molecule has 0 unspecified atom stereocenters. The van der Waals surface area contributed by atoms with Crippen LogP contribution in [-0.4, -0.2) is 17.6 Å². The van der Waals surface area contributed by atoms with Crippen LogP contribution < -0.4 is 8.01 Å². The Morgan fingerprint density at radius 2 is 1.21 bits per heavy atom. The molecule has 4 aromatic rings. The van der Waals surface area contributed by atoms with Crippen LogP contribution in [0, 0.1) is 0 Å². The molecule has 0 saturated carbocycles. The average Bonchev–Trinajstić information content (AvgIpc) is 3.11. The predicted octanol–water partition coefficient (Wildman–Crippen LogP) is 9.20. The van der Waals surface area contributed by atoms with Crippen molar-refractivity contribution in [1.82, 2.24) is 0 Å². The highest BCUT2D eigenvalue weighted by molar-refractivity contribution is 14.2. The summed E-state index contributed by atoms with van der Waals surface area (Å²) in [6.07, 6.45) is 11.3. The van der Waals surface area contributed by atoms with Crippen molar-refractivity contribution in [2.75, 3.05) is 22.1 Å². The molecule has 0 N–H and O–H groups in total. The second kappa shape index (κ2) is 9.23. The van der Waals surface area contributed by atoms with Crippen LogP contribution in [0.25, 0.3) is 21.5 Å². The largest absolute Gasteiger partial charge is 0.347 e. The first-order valence-corrected chi connectivity index (χ1v) is 15.4. The summed E-state index contributed by atoms with van der Waals surface area (Å²) in [6.45, 7) is 9.49. The Labute approximate surface area is 237 Å². The average molecular weight is 611 g/mol. The molecular weight excluding hydrogens is 575 g/mol. The molecule has 2 heterocycles. The quantitative estimate of drug-likeness (QED) is 0.130. The molecule has 2 nitrogen and oxygen atoms in total. The molecule has 2 aliphatic heterocycles. The summed E-state index contributed by atoms with van der Waals surface area (Å²) in [5.41, 5.74) is 6.85. The lowest BCUT2D eigenvalue weighted by molar-refractivity contribution is 0.645. The van der Waals surface area contributed by atoms with E-state index in [2.05, 4.69) is 153 Å². The lowest BCUT2D eigenvalue weighted by Gasteiger charge is -2.37. The number of allylic oxidation sites excluding steroid dienone is 6. The Balaban J connectivity index is 1.30. The van der Waals surface area contributed by atoms with E-state index in [0.717, 1.165) is 0 Å². The van der Waals surface area contributed by atoms with Crippen LogP contribution in [-0.2, 0) is 10.8 Å². The van der Waals surface area contributed by atoms with Gasteiger partial charge in [-0.25, -0.2) is 0 Å². The van der Waals surface area contributed by atoms with Crippen molar-refractivity contribution >= 4 is 57.4 Å². The summed E-state index contributed by atoms with van der Waals surface area (Å²) in [6, 6.07) is 26.6. The number of likely N-dealkylation sites (N-methyl/N-ethyl adjacent to an activating group) is 1. The fourth-order valence-electron chi connectivity index (χ4n) is 6.36. The molecule has 4 aromatic carbocycles. The number of fused-ring (bicyclic) bond motifs is 6. The molecule has 0 spiro atoms. The predicted molar refractivity (Wildman–Crippen MR) is 176 cm³/mol. The van der Waals surface area contributed by atoms with Gasteiger partial charge in [-0.3, -0.25) is 0 Å². The van der Waals surface area contributed by atoms with Crippen LogP contribution in [0.2, 0.25) is 0 Å². The monoisotopic (exact) mass is 610 g/mol. The van der Waals surface area contributed by atoms with Crippen molar-refractivity contribution in [3.63, 3.8) is 0 Å². The Bertz CT molecular complexity index is 1700. The summed E-state index contributed by atoms with van der Waals surface area (Å²) < 4.78 is 4.03. The molecule has 0 fully saturated rings. The van der Waals surface area contributed by atoms with Crippen molar-refractivity contribution in [3.05, 3.63) is 120 Å². The highest BCUT2D eigenvalue weighted by Gasteiger charge is 2.39. The summed E-state index contributed by atoms with van der Waals surface area (Å²) in [4.78, 5) is 2.36. The molecule has 0 aliphatic carbocycles. The molecule has 0 radical (unpaired) electrons. The lowest BCUT2D eigenvalue weighted by atomic mass is 9.78. The number of halogens is 1. The molecule has 38 heavy (non-hydrogen) atoms. The SMILES string of the molecule is CN1I=C(/C=C/C=C/C=C2/N(C)c3ccc4ccccc4c3C2(C)C)C(C)(C)c2c1ccc1ccccc21. The minimum atomic E-state index is -0.248. The second-order valence-electron chi connectivity index (χ2n) is 11.4. The van der Waals surface area contributed by atoms with Gasteiger partial charge in [0.2, 0.25) is 0 Å². The van der Waals surface area contributed by atoms with E-state index in [9.17, 15) is 0 Å². The van der Waals surface area contributed by atoms with Gasteiger partial charge in [0.25, 0.3) is 0 Å². The van der Waals surface area contributed by atoms with Gasteiger partial charge in [0.15, 0.2) is 0 Å². The second-order valence-corrected chi connectivity index (χ2v) is 14.5. The maximum Gasteiger partial charge on any atom is 0.0497 e. The van der Waals surface area contributed by atoms with Gasteiger partial charge in [-0.15, -0.1) is 0 Å². The standard InChI is InChI=1S/C35H35IN2/c1-34(2)30(36-38(6)29-23-21-25-15-11-13-17-27(25)33(29)34)18-8-7-9-19-31-35(3,4)32-26-16-12-10-14-24(26)20-22-28(32)37(31)5/h7-23H,1-6H3/b9-7+,18-8+,31-19+. The van der Waals surface area contributed by atoms with Crippen molar-refractivity contribution in [2.45, 2.75) is 38.5 Å². The maximum absolute atomic E-state index is 2.49. The molecule has 192 valence electrons. The fraction of sp³-hybridized carbons (Fsp3) is 0.229. The molecule has 0 amide bonds. The first-order valence-electron chi connectivity index (χ1n) is 13.3. The molecule has 0 atom stereocenters. The smallest absolute Gasteiger partial charge is 0.0497 e. The normalized spacial score (nSPS) is 19.3. The minimum absolute atomic E-state index is 0.00908. The highest BCUT2D eigenvalue weighted by atomic mass is 127. The summed E-state index contributed by atoms with van der Waals surface area (Å²) >= 11 is -0.248. The van der Waals surface area contributed by atoms with E-state index >= 15 is 0 Å². The van der Waals surface area contributed by atoms with Gasteiger partial charge in [0.05, 0.1) is 0 Å². The molecule has 0 aromatic heterocycles. The summed E-state index contributed by atoms with van der Waals surface area (Å²) in [5.74, 6) is 0. The number of hydrogen-bond acceptors (Lipinski definition) is 2. The third kappa shape index (κ3) is 3.86. The van der Waals surface area contributed by atoms with Gasteiger partial charge in [-0.05, 0) is 50.9 Å². The Morgan fingerprint density at radius 1 is 0.632 bits per heavy atom. The van der Waals surface area contributed by atoms with Gasteiger partial charge >= 0.3 is 0 Å². The third-order valence-corrected chi connectivity index (χ3v) is 11.8. The Morgan fingerprint density at radius 3 is 1.87 bits per heavy atom. The highest BCUT2D eigenvalue weighted by Crippen LogP contribution is 2.50. The topological polar surface area (TPSA) is 6.48 Å². The Hall–Kier alpha value is -3.18. The first-order chi connectivity index (χ1) is 18.2. The van der Waals surface area contributed by atoms with Gasteiger partial charge in [-0.1, -0.05) is 113 Å². The Kier molecular flexibility index (Phi) is 6.10. The van der Waals surface area contributed by atoms with Crippen molar-refractivity contribution in [1.29, 1.82) is 0 Å². The zero-order valence-corrected chi connectivity index (χ0v) is 25.2. The van der Waals surface area contributed by atoms with Gasteiger partial charge < -0.3 is 8.01 Å². The van der Waals surface area contributed by atoms with E-state index in [0.29, 0.717) is 0 Å². The first kappa shape index (κ1) is 25.1. The van der Waals surface area contributed by atoms with Crippen LogP contribution in [0.15, 0.2) is 109 Å². The number of benzene rings is 4. The number of hydrogen-bond donors (Lipinski definition) is 0. The summed E-state index contributed by atoms with van der Waals surface area (Å²) in [7, 11) is 4.45. The molecular formula is C35H35IN2. The van der Waals surface area contributed by atoms with Crippen molar-refractivity contribution in [2.24, 2.45) is 0 Å². The molecule has 3 heteroatoms. The number of rotatable bonds is 3. The van der Waals surface area contributed by atoms with E-state index in [1.54, 1.807) is 0 Å². The van der Waals surface area contributed by atoms with Crippen molar-refractivity contribution in [3.8, 4) is 0 Å². The van der Waals surface area contributed by atoms with Gasteiger partial charge in [0.1, 0.15) is 0 Å². The number of anilines is 2. The van der Waals surface area contributed by atoms with Crippen LogP contribution >= 0.6 is 21.0 Å². The van der Waals surface area contributed by atoms with Crippen molar-refractivity contribution < 1.29 is 0 Å². The zero-order chi connectivity index (χ0) is 26.7. The fourth-order valence-corrected chi connectivity index (χ4v) is 9.04. The van der Waals surface area contributed by atoms with E-state index in [1.807, 2.05) is 0 Å². The van der Waals surface area contributed by atoms with Crippen LogP contribution in [0.1, 0.15) is 38.8 Å². The molecule has 2 aliphatic rings. The van der Waals surface area contributed by atoms with Gasteiger partial charge in [0, 0.05) is 66.5 Å². The molecule has 0 bridgehead atoms. The molecule has 0 saturated heterocycles. The number of nitrogens with zero attached hydrogens (tertiary/aromatic N) is 2. The van der Waals surface area contributed by atoms with E-state index in [4.69, 9.17) is 0 Å². The lowest BCUT2D eigenvalue weighted by Crippen LogP contribution is -2.32. The van der Waals surface area contributed by atoms with Crippen LogP contribution in [0.4, 0.5) is 11.4 Å². The van der Waals surface area contributed by atoms with E-state index in [-0.39, 0.29) is 31.8 Å². The van der Waals surface area contributed by atoms with E-state index in [1.165, 1.54) is 53.3 Å².